The summed E-state index contributed by atoms with van der Waals surface area (Å²) in [7, 11) is 5.70. The fourth-order valence-electron chi connectivity index (χ4n) is 10.2. The van der Waals surface area contributed by atoms with Crippen LogP contribution in [0.5, 0.6) is 5.75 Å². The van der Waals surface area contributed by atoms with Gasteiger partial charge in [-0.25, -0.2) is 0 Å². The van der Waals surface area contributed by atoms with Gasteiger partial charge in [-0.1, -0.05) is 83.2 Å². The number of hydroxylamine groups is 2. The lowest BCUT2D eigenvalue weighted by Gasteiger charge is -2.62. The monoisotopic (exact) mass is 730 g/mol. The molecule has 1 aliphatic heterocycles. The van der Waals surface area contributed by atoms with Crippen molar-refractivity contribution in [1.82, 2.24) is 20.6 Å². The number of amides is 2. The van der Waals surface area contributed by atoms with Gasteiger partial charge in [-0.05, 0) is 87.1 Å². The molecule has 4 saturated carbocycles. The van der Waals surface area contributed by atoms with Crippen LogP contribution in [0.2, 0.25) is 0 Å². The predicted octanol–water partition coefficient (Wildman–Crippen LogP) is 5.86. The van der Waals surface area contributed by atoms with Crippen LogP contribution in [0.15, 0.2) is 42.5 Å². The summed E-state index contributed by atoms with van der Waals surface area (Å²) < 4.78 is 6.02. The molecule has 7 rings (SSSR count). The Bertz CT molecular complexity index is 1620. The first kappa shape index (κ1) is 39.4. The number of fused-ring (bicyclic) bond motifs is 2. The summed E-state index contributed by atoms with van der Waals surface area (Å²) in [4.78, 5) is 49.3. The number of rotatable bonds is 14. The van der Waals surface area contributed by atoms with Crippen LogP contribution in [0.3, 0.4) is 0 Å². The van der Waals surface area contributed by atoms with Crippen LogP contribution in [-0.2, 0) is 21.0 Å². The molecule has 10 heteroatoms. The molecular formula is C43H62N4O6. The lowest BCUT2D eigenvalue weighted by Crippen LogP contribution is -2.62. The van der Waals surface area contributed by atoms with Crippen LogP contribution in [0.4, 0.5) is 0 Å². The number of methoxy groups -OCH3 is 1. The van der Waals surface area contributed by atoms with Crippen LogP contribution in [-0.4, -0.2) is 91.3 Å². The second-order valence-corrected chi connectivity index (χ2v) is 17.3. The normalized spacial score (nSPS) is 29.0. The zero-order valence-electron chi connectivity index (χ0n) is 32.9. The third-order valence-corrected chi connectivity index (χ3v) is 13.2. The molecular weight excluding hydrogens is 668 g/mol. The fourth-order valence-corrected chi connectivity index (χ4v) is 10.2. The number of hydrogen-bond donors (Lipinski definition) is 3. The van der Waals surface area contributed by atoms with E-state index < -0.39 is 18.1 Å². The summed E-state index contributed by atoms with van der Waals surface area (Å²) in [5.74, 6) is 1.31. The maximum atomic E-state index is 14.2. The summed E-state index contributed by atoms with van der Waals surface area (Å²) in [5, 5.41) is 18.5. The molecule has 10 nitrogen and oxygen atoms in total. The van der Waals surface area contributed by atoms with Crippen LogP contribution >= 0.6 is 0 Å². The van der Waals surface area contributed by atoms with Crippen molar-refractivity contribution in [3.63, 3.8) is 0 Å². The average Bonchev–Trinajstić information content (AvgIpc) is 3.51. The number of likely N-dealkylation sites (N-methyl/N-ethyl adjacent to an activating group) is 1. The number of ether oxygens (including phenoxy) is 1. The zero-order chi connectivity index (χ0) is 38.0. The number of Topliss-reactive ketones (excluding diaryl/α,β-unsaturated/α-hetero) is 1. The fraction of sp³-hybridized carbons (Fsp3) is 0.651. The van der Waals surface area contributed by atoms with Crippen molar-refractivity contribution < 1.29 is 29.1 Å². The summed E-state index contributed by atoms with van der Waals surface area (Å²) in [5.41, 5.74) is 3.24. The van der Waals surface area contributed by atoms with E-state index in [4.69, 9.17) is 9.57 Å². The van der Waals surface area contributed by atoms with Crippen molar-refractivity contribution in [2.45, 2.75) is 110 Å². The van der Waals surface area contributed by atoms with E-state index in [0.717, 1.165) is 36.1 Å². The molecule has 290 valence electrons. The molecule has 3 N–H and O–H groups in total. The van der Waals surface area contributed by atoms with Gasteiger partial charge in [0.15, 0.2) is 0 Å². The molecule has 5 aliphatic rings. The van der Waals surface area contributed by atoms with Crippen molar-refractivity contribution in [1.29, 1.82) is 0 Å². The smallest absolute Gasteiger partial charge is 0.251 e. The van der Waals surface area contributed by atoms with Crippen LogP contribution in [0.1, 0.15) is 95.0 Å². The summed E-state index contributed by atoms with van der Waals surface area (Å²) in [6, 6.07) is 12.6. The Labute approximate surface area is 316 Å². The Morgan fingerprint density at radius 3 is 2.45 bits per heavy atom. The molecule has 8 atom stereocenters. The minimum absolute atomic E-state index is 0.0228. The summed E-state index contributed by atoms with van der Waals surface area (Å²) in [6.45, 7) is 8.91. The summed E-state index contributed by atoms with van der Waals surface area (Å²) in [6.07, 6.45) is 8.57. The maximum absolute atomic E-state index is 14.2. The van der Waals surface area contributed by atoms with Gasteiger partial charge in [-0.3, -0.25) is 19.2 Å². The molecule has 53 heavy (non-hydrogen) atoms. The molecule has 4 aliphatic carbocycles. The number of nitrogens with one attached hydrogen (secondary N) is 2. The van der Waals surface area contributed by atoms with E-state index in [9.17, 15) is 19.5 Å². The SMILES string of the molecule is COc1c(CN2O[C@@H](CO)[C@@H](C(C)=O)[C@H]2C(=O)N[C@H]2C[C@H]3C[C@@H]([C@@H]2C)C3(C)C)cccc1-c1cccc(C(=O)N[C@H](CC2CCCCC2)CN(C)C)c1. The minimum Gasteiger partial charge on any atom is -0.496 e. The van der Waals surface area contributed by atoms with Gasteiger partial charge in [0.25, 0.3) is 5.91 Å². The largest absolute Gasteiger partial charge is 0.496 e. The topological polar surface area (TPSA) is 120 Å². The van der Waals surface area contributed by atoms with Crippen LogP contribution in [0, 0.1) is 35.0 Å². The third kappa shape index (κ3) is 8.36. The van der Waals surface area contributed by atoms with Crippen molar-refractivity contribution in [3.8, 4) is 16.9 Å². The van der Waals surface area contributed by atoms with Crippen molar-refractivity contribution >= 4 is 17.6 Å². The number of carbonyl (C=O) groups is 3. The number of hydrogen-bond acceptors (Lipinski definition) is 8. The molecule has 0 aromatic heterocycles. The quantitative estimate of drug-likeness (QED) is 0.221. The standard InChI is InChI=1S/C43H62N4O6/c1-26-35-21-32(43(35,3)4)22-36(26)45-42(51)39-38(27(2)49)37(25-48)53-47(39)23-31-17-12-18-34(40(31)52-7)29-15-11-16-30(20-29)41(50)44-33(24-46(5)6)19-28-13-9-8-10-14-28/h11-12,15-18,20,26,28,32-33,35-39,48H,8-10,13-14,19,21-25H2,1-7H3,(H,44,50)(H,45,51)/t26-,32+,33+,35-,36-,37-,38+,39-/m0/s1. The number of ketones is 1. The van der Waals surface area contributed by atoms with E-state index in [-0.39, 0.29) is 48.2 Å². The van der Waals surface area contributed by atoms with Crippen LogP contribution < -0.4 is 15.4 Å². The number of aliphatic hydroxyl groups is 1. The van der Waals surface area contributed by atoms with E-state index in [1.165, 1.54) is 45.4 Å². The number of nitrogens with zero attached hydrogens (tertiary/aromatic N) is 2. The highest BCUT2D eigenvalue weighted by atomic mass is 16.7. The predicted molar refractivity (Wildman–Crippen MR) is 206 cm³/mol. The highest BCUT2D eigenvalue weighted by molar-refractivity contribution is 5.96. The van der Waals surface area contributed by atoms with Gasteiger partial charge in [-0.15, -0.1) is 0 Å². The number of carbonyl (C=O) groups excluding carboxylic acids is 3. The molecule has 2 aromatic carbocycles. The maximum Gasteiger partial charge on any atom is 0.251 e. The van der Waals surface area contributed by atoms with E-state index in [1.807, 2.05) is 56.6 Å². The molecule has 0 unspecified atom stereocenters. The molecule has 2 aromatic rings. The summed E-state index contributed by atoms with van der Waals surface area (Å²) >= 11 is 0. The minimum atomic E-state index is -0.910. The highest BCUT2D eigenvalue weighted by Crippen LogP contribution is 2.61. The van der Waals surface area contributed by atoms with E-state index >= 15 is 0 Å². The first-order valence-corrected chi connectivity index (χ1v) is 19.9. The van der Waals surface area contributed by atoms with Gasteiger partial charge in [0.05, 0.1) is 26.2 Å². The van der Waals surface area contributed by atoms with E-state index in [1.54, 1.807) is 12.2 Å². The van der Waals surface area contributed by atoms with Gasteiger partial charge in [0, 0.05) is 35.3 Å². The Morgan fingerprint density at radius 2 is 1.81 bits per heavy atom. The van der Waals surface area contributed by atoms with Crippen molar-refractivity contribution in [3.05, 3.63) is 53.6 Å². The molecule has 0 spiro atoms. The molecule has 1 heterocycles. The Morgan fingerprint density at radius 1 is 1.08 bits per heavy atom. The van der Waals surface area contributed by atoms with E-state index in [0.29, 0.717) is 35.0 Å². The Hall–Kier alpha value is -3.31. The van der Waals surface area contributed by atoms with Crippen molar-refractivity contribution in [2.24, 2.45) is 35.0 Å². The average molecular weight is 731 g/mol. The van der Waals surface area contributed by atoms with E-state index in [2.05, 4.69) is 36.3 Å². The second-order valence-electron chi connectivity index (χ2n) is 17.3. The highest BCUT2D eigenvalue weighted by Gasteiger charge is 2.57. The lowest BCUT2D eigenvalue weighted by atomic mass is 9.45. The number of benzene rings is 2. The van der Waals surface area contributed by atoms with Gasteiger partial charge in [0.1, 0.15) is 23.7 Å². The van der Waals surface area contributed by atoms with Gasteiger partial charge >= 0.3 is 0 Å². The Kier molecular flexibility index (Phi) is 12.3. The van der Waals surface area contributed by atoms with Crippen molar-refractivity contribution in [2.75, 3.05) is 34.4 Å². The third-order valence-electron chi connectivity index (χ3n) is 13.2. The molecule has 0 radical (unpaired) electrons. The lowest BCUT2D eigenvalue weighted by molar-refractivity contribution is -0.183. The van der Waals surface area contributed by atoms with Gasteiger partial charge in [-0.2, -0.15) is 5.06 Å². The first-order chi connectivity index (χ1) is 25.3. The van der Waals surface area contributed by atoms with Gasteiger partial charge in [0.2, 0.25) is 5.91 Å². The molecule has 5 fully saturated rings. The Balaban J connectivity index is 1.21. The number of para-hydroxylation sites is 1. The molecule has 2 bridgehead atoms. The number of aliphatic hydroxyl groups excluding tert-OH is 1. The van der Waals surface area contributed by atoms with Gasteiger partial charge < -0.3 is 25.4 Å². The first-order valence-electron chi connectivity index (χ1n) is 19.9. The zero-order valence-corrected chi connectivity index (χ0v) is 32.9. The molecule has 2 amide bonds. The second kappa shape index (κ2) is 16.6. The molecule has 1 saturated heterocycles. The van der Waals surface area contributed by atoms with Crippen LogP contribution in [0.25, 0.3) is 11.1 Å².